The highest BCUT2D eigenvalue weighted by Crippen LogP contribution is 1.96. The molecule has 0 aromatic heterocycles. The highest BCUT2D eigenvalue weighted by Gasteiger charge is 2.23. The highest BCUT2D eigenvalue weighted by molar-refractivity contribution is 5.86. The van der Waals surface area contributed by atoms with E-state index in [0.29, 0.717) is 12.6 Å². The first-order valence-electron chi connectivity index (χ1n) is 6.82. The Kier molecular flexibility index (Phi) is 9.11. The SMILES string of the molecule is COC(=O)C[C@H](NC(=O)NCCCN(C)C(C)C)C(=O)O. The fourth-order valence-electron chi connectivity index (χ4n) is 1.45. The van der Waals surface area contributed by atoms with Crippen molar-refractivity contribution in [3.8, 4) is 0 Å². The van der Waals surface area contributed by atoms with Crippen molar-refractivity contribution in [1.29, 1.82) is 0 Å². The molecule has 0 aromatic rings. The Labute approximate surface area is 124 Å². The molecule has 0 unspecified atom stereocenters. The number of hydrogen-bond acceptors (Lipinski definition) is 5. The summed E-state index contributed by atoms with van der Waals surface area (Å²) in [6, 6.07) is -1.48. The van der Waals surface area contributed by atoms with Gasteiger partial charge in [0.15, 0.2) is 0 Å². The van der Waals surface area contributed by atoms with E-state index in [9.17, 15) is 14.4 Å². The van der Waals surface area contributed by atoms with Crippen molar-refractivity contribution >= 4 is 18.0 Å². The van der Waals surface area contributed by atoms with Crippen LogP contribution in [-0.2, 0) is 14.3 Å². The number of carbonyl (C=O) groups is 3. The zero-order valence-corrected chi connectivity index (χ0v) is 13.0. The van der Waals surface area contributed by atoms with Gasteiger partial charge in [-0.05, 0) is 33.9 Å². The molecule has 0 rings (SSSR count). The van der Waals surface area contributed by atoms with Crippen molar-refractivity contribution in [2.45, 2.75) is 38.8 Å². The van der Waals surface area contributed by atoms with Crippen LogP contribution < -0.4 is 10.6 Å². The first kappa shape index (κ1) is 19.2. The Hall–Kier alpha value is -1.83. The largest absolute Gasteiger partial charge is 0.480 e. The third kappa shape index (κ3) is 8.85. The molecule has 21 heavy (non-hydrogen) atoms. The van der Waals surface area contributed by atoms with Gasteiger partial charge in [-0.3, -0.25) is 4.79 Å². The number of esters is 1. The second-order valence-electron chi connectivity index (χ2n) is 5.00. The van der Waals surface area contributed by atoms with Crippen LogP contribution in [0.15, 0.2) is 0 Å². The summed E-state index contributed by atoms with van der Waals surface area (Å²) in [4.78, 5) is 35.7. The van der Waals surface area contributed by atoms with Gasteiger partial charge >= 0.3 is 18.0 Å². The van der Waals surface area contributed by atoms with E-state index in [0.717, 1.165) is 20.1 Å². The minimum absolute atomic E-state index is 0.407. The van der Waals surface area contributed by atoms with Crippen molar-refractivity contribution < 1.29 is 24.2 Å². The van der Waals surface area contributed by atoms with Gasteiger partial charge in [0.2, 0.25) is 0 Å². The van der Waals surface area contributed by atoms with E-state index >= 15 is 0 Å². The van der Waals surface area contributed by atoms with Gasteiger partial charge < -0.3 is 25.4 Å². The second-order valence-corrected chi connectivity index (χ2v) is 5.00. The summed E-state index contributed by atoms with van der Waals surface area (Å²) in [6.45, 7) is 5.39. The van der Waals surface area contributed by atoms with Crippen LogP contribution in [-0.4, -0.2) is 67.3 Å². The molecule has 8 nitrogen and oxygen atoms in total. The number of ether oxygens (including phenoxy) is 1. The molecule has 0 spiro atoms. The quantitative estimate of drug-likeness (QED) is 0.410. The van der Waals surface area contributed by atoms with Crippen LogP contribution >= 0.6 is 0 Å². The first-order chi connectivity index (χ1) is 9.77. The van der Waals surface area contributed by atoms with Crippen molar-refractivity contribution in [3.63, 3.8) is 0 Å². The second kappa shape index (κ2) is 9.98. The normalized spacial score (nSPS) is 12.1. The predicted octanol–water partition coefficient (Wildman–Crippen LogP) is 0.0322. The van der Waals surface area contributed by atoms with Crippen molar-refractivity contribution in [1.82, 2.24) is 15.5 Å². The Morgan fingerprint density at radius 3 is 2.38 bits per heavy atom. The highest BCUT2D eigenvalue weighted by atomic mass is 16.5. The molecule has 3 N–H and O–H groups in total. The maximum absolute atomic E-state index is 11.6. The molecule has 0 aliphatic heterocycles. The summed E-state index contributed by atoms with van der Waals surface area (Å²) in [7, 11) is 3.15. The number of nitrogens with one attached hydrogen (secondary N) is 2. The standard InChI is InChI=1S/C13H25N3O5/c1-9(2)16(3)7-5-6-14-13(20)15-10(12(18)19)8-11(17)21-4/h9-10H,5-8H2,1-4H3,(H,18,19)(H2,14,15,20)/t10-/m0/s1. The van der Waals surface area contributed by atoms with Gasteiger partial charge in [-0.15, -0.1) is 0 Å². The summed E-state index contributed by atoms with van der Waals surface area (Å²) in [5.74, 6) is -1.98. The topological polar surface area (TPSA) is 108 Å². The number of carbonyl (C=O) groups excluding carboxylic acids is 2. The van der Waals surface area contributed by atoms with Crippen LogP contribution in [0.4, 0.5) is 4.79 Å². The number of aliphatic carboxylic acids is 1. The third-order valence-electron chi connectivity index (χ3n) is 3.06. The molecule has 2 amide bonds. The summed E-state index contributed by atoms with van der Waals surface area (Å²) in [5.41, 5.74) is 0. The number of methoxy groups -OCH3 is 1. The fraction of sp³-hybridized carbons (Fsp3) is 0.769. The number of carboxylic acid groups (broad SMARTS) is 1. The molecule has 0 aliphatic rings. The maximum Gasteiger partial charge on any atom is 0.326 e. The van der Waals surface area contributed by atoms with Crippen molar-refractivity contribution in [2.24, 2.45) is 0 Å². The van der Waals surface area contributed by atoms with Gasteiger partial charge in [0, 0.05) is 12.6 Å². The zero-order chi connectivity index (χ0) is 16.4. The van der Waals surface area contributed by atoms with E-state index < -0.39 is 30.4 Å². The van der Waals surface area contributed by atoms with Crippen LogP contribution in [0.3, 0.4) is 0 Å². The van der Waals surface area contributed by atoms with Crippen LogP contribution in [0.2, 0.25) is 0 Å². The third-order valence-corrected chi connectivity index (χ3v) is 3.06. The van der Waals surface area contributed by atoms with E-state index in [-0.39, 0.29) is 0 Å². The minimum atomic E-state index is -1.30. The average Bonchev–Trinajstić information content (AvgIpc) is 2.41. The molecular weight excluding hydrogens is 278 g/mol. The Morgan fingerprint density at radius 2 is 1.90 bits per heavy atom. The van der Waals surface area contributed by atoms with Gasteiger partial charge in [-0.25, -0.2) is 9.59 Å². The van der Waals surface area contributed by atoms with E-state index in [4.69, 9.17) is 5.11 Å². The molecule has 0 radical (unpaired) electrons. The lowest BCUT2D eigenvalue weighted by molar-refractivity contribution is -0.147. The summed E-state index contributed by atoms with van der Waals surface area (Å²) in [5, 5.41) is 13.7. The number of nitrogens with zero attached hydrogens (tertiary/aromatic N) is 1. The van der Waals surface area contributed by atoms with Gasteiger partial charge in [-0.2, -0.15) is 0 Å². The average molecular weight is 303 g/mol. The lowest BCUT2D eigenvalue weighted by atomic mass is 10.2. The molecule has 0 aromatic carbocycles. The molecule has 1 atom stereocenters. The molecule has 0 fully saturated rings. The van der Waals surface area contributed by atoms with Gasteiger partial charge in [0.25, 0.3) is 0 Å². The van der Waals surface area contributed by atoms with Crippen LogP contribution in [0.5, 0.6) is 0 Å². The van der Waals surface area contributed by atoms with Crippen molar-refractivity contribution in [2.75, 3.05) is 27.2 Å². The summed E-state index contributed by atoms with van der Waals surface area (Å²) < 4.78 is 4.38. The summed E-state index contributed by atoms with van der Waals surface area (Å²) in [6.07, 6.45) is 0.339. The minimum Gasteiger partial charge on any atom is -0.480 e. The molecule has 0 aliphatic carbocycles. The Bertz CT molecular complexity index is 360. The van der Waals surface area contributed by atoms with E-state index in [1.54, 1.807) is 0 Å². The number of hydrogen-bond donors (Lipinski definition) is 3. The zero-order valence-electron chi connectivity index (χ0n) is 13.0. The van der Waals surface area contributed by atoms with E-state index in [1.165, 1.54) is 0 Å². The number of rotatable bonds is 9. The monoisotopic (exact) mass is 303 g/mol. The molecule has 0 bridgehead atoms. The molecule has 8 heteroatoms. The fourth-order valence-corrected chi connectivity index (χ4v) is 1.45. The molecule has 0 saturated heterocycles. The predicted molar refractivity (Wildman–Crippen MR) is 77.0 cm³/mol. The number of urea groups is 1. The Balaban J connectivity index is 4.04. The van der Waals surface area contributed by atoms with Gasteiger partial charge in [0.1, 0.15) is 6.04 Å². The van der Waals surface area contributed by atoms with E-state index in [1.807, 2.05) is 7.05 Å². The number of carboxylic acids is 1. The van der Waals surface area contributed by atoms with Gasteiger partial charge in [-0.1, -0.05) is 0 Å². The summed E-state index contributed by atoms with van der Waals surface area (Å²) >= 11 is 0. The maximum atomic E-state index is 11.6. The van der Waals surface area contributed by atoms with Crippen LogP contribution in [0.1, 0.15) is 26.7 Å². The van der Waals surface area contributed by atoms with Crippen LogP contribution in [0.25, 0.3) is 0 Å². The molecule has 122 valence electrons. The molecule has 0 saturated carbocycles. The smallest absolute Gasteiger partial charge is 0.326 e. The Morgan fingerprint density at radius 1 is 1.29 bits per heavy atom. The molecule has 0 heterocycles. The van der Waals surface area contributed by atoms with E-state index in [2.05, 4.69) is 34.1 Å². The van der Waals surface area contributed by atoms with Crippen molar-refractivity contribution in [3.05, 3.63) is 0 Å². The van der Waals surface area contributed by atoms with Crippen LogP contribution in [0, 0.1) is 0 Å². The molecular formula is C13H25N3O5. The lowest BCUT2D eigenvalue weighted by Crippen LogP contribution is -2.47. The lowest BCUT2D eigenvalue weighted by Gasteiger charge is -2.21. The van der Waals surface area contributed by atoms with Gasteiger partial charge in [0.05, 0.1) is 13.5 Å². The first-order valence-corrected chi connectivity index (χ1v) is 6.82. The number of amides is 2.